The Labute approximate surface area is 158 Å². The molecular formula is C18H18BrNO4S. The van der Waals surface area contributed by atoms with Gasteiger partial charge in [-0.05, 0) is 46.4 Å². The molecule has 25 heavy (non-hydrogen) atoms. The number of fused-ring (bicyclic) bond motifs is 2. The molecule has 7 heteroatoms. The number of ketones is 1. The van der Waals surface area contributed by atoms with Crippen molar-refractivity contribution in [3.05, 3.63) is 38.0 Å². The number of halogens is 1. The van der Waals surface area contributed by atoms with E-state index in [1.54, 1.807) is 7.11 Å². The van der Waals surface area contributed by atoms with E-state index in [0.29, 0.717) is 23.7 Å². The number of likely N-dealkylation sites (N-methyl/N-ethyl adjacent to an activating group) is 1. The molecule has 2 aromatic rings. The van der Waals surface area contributed by atoms with E-state index < -0.39 is 0 Å². The standard InChI is InChI=1S/C18H18BrNO4S/c1-20-6-5-10-14(11(20)8-12(21)13-4-3-7-25-13)16(22-2)18-17(15(10)19)23-9-24-18/h3-4,7,11H,5-6,8-9H2,1-2H3/t11-/m0/s1. The number of carbonyl (C=O) groups is 1. The second-order valence-electron chi connectivity index (χ2n) is 6.16. The molecule has 0 amide bonds. The van der Waals surface area contributed by atoms with E-state index in [1.807, 2.05) is 24.6 Å². The number of rotatable bonds is 4. The fourth-order valence-corrected chi connectivity index (χ4v) is 4.94. The maximum atomic E-state index is 12.7. The smallest absolute Gasteiger partial charge is 0.231 e. The van der Waals surface area contributed by atoms with E-state index in [0.717, 1.165) is 33.4 Å². The number of hydrogen-bond acceptors (Lipinski definition) is 6. The van der Waals surface area contributed by atoms with E-state index in [1.165, 1.54) is 11.3 Å². The van der Waals surface area contributed by atoms with Crippen LogP contribution in [-0.4, -0.2) is 38.2 Å². The summed E-state index contributed by atoms with van der Waals surface area (Å²) in [7, 11) is 3.69. The minimum atomic E-state index is -0.0564. The van der Waals surface area contributed by atoms with E-state index in [9.17, 15) is 4.79 Å². The maximum Gasteiger partial charge on any atom is 0.231 e. The highest BCUT2D eigenvalue weighted by molar-refractivity contribution is 9.10. The fraction of sp³-hybridized carbons (Fsp3) is 0.389. The van der Waals surface area contributed by atoms with E-state index in [-0.39, 0.29) is 18.6 Å². The van der Waals surface area contributed by atoms with Gasteiger partial charge in [0.15, 0.2) is 17.3 Å². The number of nitrogens with zero attached hydrogens (tertiary/aromatic N) is 1. The van der Waals surface area contributed by atoms with Crippen LogP contribution >= 0.6 is 27.3 Å². The normalized spacial score (nSPS) is 18.9. The lowest BCUT2D eigenvalue weighted by molar-refractivity contribution is 0.0929. The Balaban J connectivity index is 1.80. The summed E-state index contributed by atoms with van der Waals surface area (Å²) in [5.41, 5.74) is 2.17. The molecule has 1 aromatic heterocycles. The number of methoxy groups -OCH3 is 1. The van der Waals surface area contributed by atoms with Gasteiger partial charge >= 0.3 is 0 Å². The summed E-state index contributed by atoms with van der Waals surface area (Å²) in [4.78, 5) is 15.7. The molecule has 4 rings (SSSR count). The van der Waals surface area contributed by atoms with Crippen LogP contribution in [0.4, 0.5) is 0 Å². The number of thiophene rings is 1. The van der Waals surface area contributed by atoms with Crippen molar-refractivity contribution >= 4 is 33.0 Å². The van der Waals surface area contributed by atoms with Crippen LogP contribution in [-0.2, 0) is 6.42 Å². The van der Waals surface area contributed by atoms with Crippen LogP contribution in [0.25, 0.3) is 0 Å². The SMILES string of the molecule is COc1c2c(c(Br)c3c1[C@H](CC(=O)c1cccs1)N(C)CC3)OCO2. The van der Waals surface area contributed by atoms with Crippen LogP contribution in [0.1, 0.15) is 33.3 Å². The van der Waals surface area contributed by atoms with Crippen LogP contribution in [0.2, 0.25) is 0 Å². The second-order valence-corrected chi connectivity index (χ2v) is 7.90. The second kappa shape index (κ2) is 6.63. The molecule has 0 aliphatic carbocycles. The van der Waals surface area contributed by atoms with Gasteiger partial charge in [0.2, 0.25) is 12.5 Å². The molecule has 0 saturated carbocycles. The van der Waals surface area contributed by atoms with Crippen molar-refractivity contribution in [3.63, 3.8) is 0 Å². The molecule has 0 bridgehead atoms. The number of ether oxygens (including phenoxy) is 3. The van der Waals surface area contributed by atoms with Crippen molar-refractivity contribution in [1.82, 2.24) is 4.90 Å². The maximum absolute atomic E-state index is 12.7. The number of carbonyl (C=O) groups excluding carboxylic acids is 1. The lowest BCUT2D eigenvalue weighted by Gasteiger charge is -2.36. The van der Waals surface area contributed by atoms with Crippen molar-refractivity contribution in [2.75, 3.05) is 27.5 Å². The van der Waals surface area contributed by atoms with Gasteiger partial charge in [-0.1, -0.05) is 6.07 Å². The highest BCUT2D eigenvalue weighted by atomic mass is 79.9. The van der Waals surface area contributed by atoms with Crippen molar-refractivity contribution in [2.24, 2.45) is 0 Å². The summed E-state index contributed by atoms with van der Waals surface area (Å²) < 4.78 is 17.9. The minimum absolute atomic E-state index is 0.0564. The Morgan fingerprint density at radius 3 is 2.96 bits per heavy atom. The summed E-state index contributed by atoms with van der Waals surface area (Å²) in [6.07, 6.45) is 1.27. The molecule has 0 spiro atoms. The van der Waals surface area contributed by atoms with Gasteiger partial charge < -0.3 is 14.2 Å². The predicted molar refractivity (Wildman–Crippen MR) is 99.2 cm³/mol. The first-order chi connectivity index (χ1) is 12.1. The number of Topliss-reactive ketones (excluding diaryl/α,β-unsaturated/α-hetero) is 1. The summed E-state index contributed by atoms with van der Waals surface area (Å²) in [6.45, 7) is 1.05. The van der Waals surface area contributed by atoms with Crippen LogP contribution in [0.3, 0.4) is 0 Å². The number of hydrogen-bond donors (Lipinski definition) is 0. The molecule has 0 N–H and O–H groups in total. The molecule has 3 heterocycles. The summed E-state index contributed by atoms with van der Waals surface area (Å²) in [5, 5.41) is 1.93. The first kappa shape index (κ1) is 16.9. The molecular weight excluding hydrogens is 406 g/mol. The van der Waals surface area contributed by atoms with Crippen molar-refractivity contribution in [1.29, 1.82) is 0 Å². The van der Waals surface area contributed by atoms with Gasteiger partial charge in [-0.3, -0.25) is 9.69 Å². The Morgan fingerprint density at radius 1 is 1.44 bits per heavy atom. The van der Waals surface area contributed by atoms with Gasteiger partial charge in [-0.2, -0.15) is 0 Å². The summed E-state index contributed by atoms with van der Waals surface area (Å²) >= 11 is 5.15. The number of benzene rings is 1. The van der Waals surface area contributed by atoms with Crippen LogP contribution < -0.4 is 14.2 Å². The zero-order valence-electron chi connectivity index (χ0n) is 14.0. The first-order valence-corrected chi connectivity index (χ1v) is 9.73. The third-order valence-corrected chi connectivity index (χ3v) is 6.56. The lowest BCUT2D eigenvalue weighted by Crippen LogP contribution is -2.34. The molecule has 132 valence electrons. The third kappa shape index (κ3) is 2.74. The topological polar surface area (TPSA) is 48.0 Å². The summed E-state index contributed by atoms with van der Waals surface area (Å²) in [6, 6.07) is 3.73. The average Bonchev–Trinajstić information content (AvgIpc) is 3.29. The van der Waals surface area contributed by atoms with Crippen LogP contribution in [0.5, 0.6) is 17.2 Å². The van der Waals surface area contributed by atoms with E-state index in [2.05, 4.69) is 20.8 Å². The monoisotopic (exact) mass is 423 g/mol. The molecule has 2 aliphatic rings. The molecule has 1 aromatic carbocycles. The van der Waals surface area contributed by atoms with Crippen molar-refractivity contribution < 1.29 is 19.0 Å². The molecule has 0 saturated heterocycles. The first-order valence-electron chi connectivity index (χ1n) is 8.06. The van der Waals surface area contributed by atoms with E-state index in [4.69, 9.17) is 14.2 Å². The zero-order valence-corrected chi connectivity index (χ0v) is 16.4. The highest BCUT2D eigenvalue weighted by Gasteiger charge is 2.37. The largest absolute Gasteiger partial charge is 0.492 e. The molecule has 0 unspecified atom stereocenters. The minimum Gasteiger partial charge on any atom is -0.492 e. The fourth-order valence-electron chi connectivity index (χ4n) is 3.56. The van der Waals surface area contributed by atoms with Gasteiger partial charge in [-0.15, -0.1) is 11.3 Å². The van der Waals surface area contributed by atoms with Gasteiger partial charge in [0, 0.05) is 24.6 Å². The molecule has 2 aliphatic heterocycles. The third-order valence-electron chi connectivity index (χ3n) is 4.81. The highest BCUT2D eigenvalue weighted by Crippen LogP contribution is 2.54. The Hall–Kier alpha value is -1.57. The Kier molecular flexibility index (Phi) is 4.47. The van der Waals surface area contributed by atoms with E-state index >= 15 is 0 Å². The molecule has 0 fully saturated rings. The van der Waals surface area contributed by atoms with Crippen molar-refractivity contribution in [3.8, 4) is 17.2 Å². The van der Waals surface area contributed by atoms with Gasteiger partial charge in [0.25, 0.3) is 0 Å². The average molecular weight is 424 g/mol. The predicted octanol–water partition coefficient (Wildman–Crippen LogP) is 4.05. The Morgan fingerprint density at radius 2 is 2.24 bits per heavy atom. The molecule has 5 nitrogen and oxygen atoms in total. The quantitative estimate of drug-likeness (QED) is 0.694. The van der Waals surface area contributed by atoms with Gasteiger partial charge in [0.05, 0.1) is 16.5 Å². The lowest BCUT2D eigenvalue weighted by atomic mass is 9.88. The van der Waals surface area contributed by atoms with Gasteiger partial charge in [-0.25, -0.2) is 0 Å². The van der Waals surface area contributed by atoms with Crippen LogP contribution in [0.15, 0.2) is 22.0 Å². The van der Waals surface area contributed by atoms with Gasteiger partial charge in [0.1, 0.15) is 0 Å². The zero-order chi connectivity index (χ0) is 17.6. The van der Waals surface area contributed by atoms with Crippen molar-refractivity contribution in [2.45, 2.75) is 18.9 Å². The Bertz CT molecular complexity index is 821. The molecule has 0 radical (unpaired) electrons. The summed E-state index contributed by atoms with van der Waals surface area (Å²) in [5.74, 6) is 2.15. The van der Waals surface area contributed by atoms with Crippen LogP contribution in [0, 0.1) is 0 Å². The molecule has 1 atom stereocenters.